The average molecular weight is 908 g/mol. The zero-order valence-electron chi connectivity index (χ0n) is 33.5. The number of amides is 3. The third kappa shape index (κ3) is 12.4. The van der Waals surface area contributed by atoms with E-state index >= 15 is 0 Å². The van der Waals surface area contributed by atoms with Gasteiger partial charge in [-0.1, -0.05) is 26.8 Å². The van der Waals surface area contributed by atoms with Gasteiger partial charge < -0.3 is 48.3 Å². The van der Waals surface area contributed by atoms with E-state index in [1.165, 1.54) is 6.08 Å². The molecule has 4 rings (SSSR count). The largest absolute Gasteiger partial charge is 0.463 e. The topological polar surface area (TPSA) is 168 Å². The number of hydrogen-bond acceptors (Lipinski definition) is 12. The molecule has 0 radical (unpaired) electrons. The number of carbonyl (C=O) groups is 5. The Hall–Kier alpha value is -4.10. The fourth-order valence-corrected chi connectivity index (χ4v) is 6.69. The van der Waals surface area contributed by atoms with Crippen molar-refractivity contribution in [3.8, 4) is 5.75 Å². The number of nitrogens with zero attached hydrogens (tertiary/aromatic N) is 2. The molecule has 0 saturated carbocycles. The third-order valence-corrected chi connectivity index (χ3v) is 10.2. The molecule has 16 heteroatoms. The maximum absolute atomic E-state index is 14.1. The van der Waals surface area contributed by atoms with E-state index in [9.17, 15) is 24.0 Å². The molecule has 15 nitrogen and oxygen atoms in total. The third-order valence-electron chi connectivity index (χ3n) is 9.45. The Labute approximate surface area is 347 Å². The molecule has 0 spiro atoms. The second kappa shape index (κ2) is 21.6. The van der Waals surface area contributed by atoms with Gasteiger partial charge in [0, 0.05) is 55.1 Å². The summed E-state index contributed by atoms with van der Waals surface area (Å²) in [4.78, 5) is 71.1. The van der Waals surface area contributed by atoms with Crippen LogP contribution in [0.25, 0.3) is 6.08 Å². The second-order valence-electron chi connectivity index (χ2n) is 14.7. The first-order valence-corrected chi connectivity index (χ1v) is 19.9. The van der Waals surface area contributed by atoms with E-state index in [1.807, 2.05) is 45.0 Å². The number of fused-ring (bicyclic) bond motifs is 1. The summed E-state index contributed by atoms with van der Waals surface area (Å²) >= 11 is 2.20. The fourth-order valence-electron chi connectivity index (χ4n) is 6.33. The summed E-state index contributed by atoms with van der Waals surface area (Å²) in [7, 11) is 4.79. The molecule has 57 heavy (non-hydrogen) atoms. The molecule has 2 heterocycles. The number of ether oxygens (including phenoxy) is 7. The van der Waals surface area contributed by atoms with Crippen LogP contribution in [0.5, 0.6) is 5.75 Å². The second-order valence-corrected chi connectivity index (χ2v) is 15.9. The first-order chi connectivity index (χ1) is 27.2. The van der Waals surface area contributed by atoms with Gasteiger partial charge in [-0.05, 0) is 88.9 Å². The molecule has 3 amide bonds. The zero-order chi connectivity index (χ0) is 41.6. The predicted molar refractivity (Wildman–Crippen MR) is 219 cm³/mol. The van der Waals surface area contributed by atoms with Crippen molar-refractivity contribution in [1.82, 2.24) is 10.2 Å². The van der Waals surface area contributed by atoms with Crippen molar-refractivity contribution in [3.63, 3.8) is 0 Å². The molecule has 312 valence electrons. The molecule has 0 bridgehead atoms. The van der Waals surface area contributed by atoms with Crippen LogP contribution in [0.15, 0.2) is 48.5 Å². The van der Waals surface area contributed by atoms with Crippen LogP contribution in [0, 0.1) is 8.99 Å². The lowest BCUT2D eigenvalue weighted by atomic mass is 9.85. The number of rotatable bonds is 20. The number of benzene rings is 2. The number of likely N-dealkylation sites (N-methyl/N-ethyl adjacent to an activating group) is 1. The van der Waals surface area contributed by atoms with Crippen molar-refractivity contribution in [3.05, 3.63) is 63.2 Å². The number of halogens is 1. The van der Waals surface area contributed by atoms with E-state index < -0.39 is 40.9 Å². The van der Waals surface area contributed by atoms with Gasteiger partial charge in [-0.2, -0.15) is 0 Å². The average Bonchev–Trinajstić information content (AvgIpc) is 3.84. The molecule has 1 N–H and O–H groups in total. The molecule has 2 aliphatic rings. The maximum Gasteiger partial charge on any atom is 0.362 e. The van der Waals surface area contributed by atoms with Gasteiger partial charge >= 0.3 is 17.5 Å². The van der Waals surface area contributed by atoms with Crippen LogP contribution in [-0.2, 0) is 58.8 Å². The number of anilines is 1. The molecular formula is C41H54IN3O12. The van der Waals surface area contributed by atoms with Crippen molar-refractivity contribution in [2.45, 2.75) is 57.7 Å². The molecular weight excluding hydrogens is 853 g/mol. The van der Waals surface area contributed by atoms with E-state index in [2.05, 4.69) is 27.9 Å². The SMILES string of the molecule is COCCOCCOC(=O)C1(C(=O)OCCOCCOC)Cc2cc(/C=C/C(=O)NC(C(=O)N3CCCC3C(=O)N(C)c3ccc(I)cc3)C(C)(C)C)ccc2O1. The van der Waals surface area contributed by atoms with Crippen LogP contribution in [0.4, 0.5) is 5.69 Å². The minimum Gasteiger partial charge on any atom is -0.463 e. The highest BCUT2D eigenvalue weighted by Gasteiger charge is 2.56. The normalized spacial score (nSPS) is 16.5. The summed E-state index contributed by atoms with van der Waals surface area (Å²) in [5, 5.41) is 2.87. The molecule has 2 aliphatic heterocycles. The summed E-state index contributed by atoms with van der Waals surface area (Å²) in [5.41, 5.74) is -0.964. The quantitative estimate of drug-likeness (QED) is 0.0676. The van der Waals surface area contributed by atoms with E-state index in [0.29, 0.717) is 56.9 Å². The molecule has 2 aromatic carbocycles. The van der Waals surface area contributed by atoms with Gasteiger partial charge in [0.1, 0.15) is 31.0 Å². The first kappa shape index (κ1) is 45.6. The van der Waals surface area contributed by atoms with Crippen LogP contribution in [0.1, 0.15) is 44.7 Å². The number of hydrogen-bond donors (Lipinski definition) is 1. The minimum absolute atomic E-state index is 0.0844. The Morgan fingerprint density at radius 2 is 1.51 bits per heavy atom. The predicted octanol–water partition coefficient (Wildman–Crippen LogP) is 3.58. The number of carbonyl (C=O) groups excluding carboxylic acids is 5. The lowest BCUT2D eigenvalue weighted by molar-refractivity contribution is -0.180. The Bertz CT molecular complexity index is 1700. The van der Waals surface area contributed by atoms with Crippen molar-refractivity contribution in [1.29, 1.82) is 0 Å². The van der Waals surface area contributed by atoms with Crippen LogP contribution in [0.3, 0.4) is 0 Å². The maximum atomic E-state index is 14.1. The highest BCUT2D eigenvalue weighted by atomic mass is 127. The van der Waals surface area contributed by atoms with E-state index in [-0.39, 0.29) is 50.4 Å². The number of nitrogens with one attached hydrogen (secondary N) is 1. The number of methoxy groups -OCH3 is 2. The van der Waals surface area contributed by atoms with E-state index in [1.54, 1.807) is 55.3 Å². The summed E-state index contributed by atoms with van der Waals surface area (Å²) in [6, 6.07) is 10.9. The molecule has 1 fully saturated rings. The molecule has 0 aliphatic carbocycles. The highest BCUT2D eigenvalue weighted by molar-refractivity contribution is 14.1. The molecule has 2 atom stereocenters. The van der Waals surface area contributed by atoms with Crippen molar-refractivity contribution in [2.75, 3.05) is 85.6 Å². The fraction of sp³-hybridized carbons (Fsp3) is 0.537. The van der Waals surface area contributed by atoms with Crippen LogP contribution in [0.2, 0.25) is 0 Å². The van der Waals surface area contributed by atoms with E-state index in [4.69, 9.17) is 33.2 Å². The van der Waals surface area contributed by atoms with Crippen LogP contribution < -0.4 is 15.0 Å². The number of likely N-dealkylation sites (tertiary alicyclic amines) is 1. The van der Waals surface area contributed by atoms with Gasteiger partial charge in [0.25, 0.3) is 0 Å². The smallest absolute Gasteiger partial charge is 0.362 e. The van der Waals surface area contributed by atoms with Crippen molar-refractivity contribution < 1.29 is 57.1 Å². The molecule has 0 aromatic heterocycles. The summed E-state index contributed by atoms with van der Waals surface area (Å²) in [5.74, 6) is -2.62. The van der Waals surface area contributed by atoms with Crippen LogP contribution in [-0.4, -0.2) is 133 Å². The summed E-state index contributed by atoms with van der Waals surface area (Å²) in [6.45, 7) is 7.24. The zero-order valence-corrected chi connectivity index (χ0v) is 35.7. The first-order valence-electron chi connectivity index (χ1n) is 18.8. The van der Waals surface area contributed by atoms with Crippen molar-refractivity contribution >= 4 is 64.0 Å². The van der Waals surface area contributed by atoms with E-state index in [0.717, 1.165) is 9.26 Å². The molecule has 2 unspecified atom stereocenters. The van der Waals surface area contributed by atoms with Gasteiger partial charge in [-0.15, -0.1) is 0 Å². The summed E-state index contributed by atoms with van der Waals surface area (Å²) < 4.78 is 38.5. The number of esters is 2. The molecule has 1 saturated heterocycles. The Balaban J connectivity index is 1.44. The summed E-state index contributed by atoms with van der Waals surface area (Å²) in [6.07, 6.45) is 3.87. The Kier molecular flexibility index (Phi) is 17.3. The molecule has 2 aromatic rings. The van der Waals surface area contributed by atoms with Gasteiger partial charge in [0.15, 0.2) is 0 Å². The lowest BCUT2D eigenvalue weighted by Crippen LogP contribution is -2.57. The van der Waals surface area contributed by atoms with Gasteiger partial charge in [0.2, 0.25) is 17.7 Å². The lowest BCUT2D eigenvalue weighted by Gasteiger charge is -2.36. The highest BCUT2D eigenvalue weighted by Crippen LogP contribution is 2.38. The van der Waals surface area contributed by atoms with Gasteiger partial charge in [-0.3, -0.25) is 14.4 Å². The Morgan fingerprint density at radius 1 is 0.912 bits per heavy atom. The van der Waals surface area contributed by atoms with Gasteiger partial charge in [-0.25, -0.2) is 9.59 Å². The van der Waals surface area contributed by atoms with Crippen LogP contribution >= 0.6 is 22.6 Å². The monoisotopic (exact) mass is 907 g/mol. The van der Waals surface area contributed by atoms with Crippen molar-refractivity contribution in [2.24, 2.45) is 5.41 Å². The minimum atomic E-state index is -2.11. The standard InChI is InChI=1S/C41H54IN3O12/c1-40(2,3)35(37(48)45-17-7-8-32(45)36(47)44(4)31-13-11-30(42)12-14-31)43-34(46)16-10-28-9-15-33-29(26-28)27-41(57-33,38(49)55-24-22-53-20-18-51-5)39(50)56-25-23-54-21-19-52-6/h9-16,26,32,35H,7-8,17-25,27H2,1-6H3,(H,43,46)/b16-10+. The van der Waals surface area contributed by atoms with Gasteiger partial charge in [0.05, 0.1) is 39.6 Å². The Morgan fingerprint density at radius 3 is 2.09 bits per heavy atom.